The van der Waals surface area contributed by atoms with E-state index in [4.69, 9.17) is 32.7 Å². The summed E-state index contributed by atoms with van der Waals surface area (Å²) in [7, 11) is 0. The van der Waals surface area contributed by atoms with E-state index in [0.29, 0.717) is 46.0 Å². The van der Waals surface area contributed by atoms with Gasteiger partial charge in [-0.3, -0.25) is 4.79 Å². The molecule has 0 aliphatic rings. The molecule has 4 rings (SSSR count). The molecule has 4 aromatic rings. The highest BCUT2D eigenvalue weighted by Gasteiger charge is 2.12. The second-order valence-electron chi connectivity index (χ2n) is 8.16. The number of rotatable bonds is 9. The van der Waals surface area contributed by atoms with Crippen LogP contribution >= 0.6 is 39.1 Å². The average Bonchev–Trinajstić information content (AvgIpc) is 2.92. The van der Waals surface area contributed by atoms with Gasteiger partial charge in [0, 0.05) is 25.8 Å². The summed E-state index contributed by atoms with van der Waals surface area (Å²) in [5.41, 5.74) is 2.97. The maximum absolute atomic E-state index is 12.9. The number of nitriles is 1. The Hall–Kier alpha value is -3.76. The summed E-state index contributed by atoms with van der Waals surface area (Å²) < 4.78 is 12.5. The van der Waals surface area contributed by atoms with E-state index in [-0.39, 0.29) is 5.57 Å². The smallest absolute Gasteiger partial charge is 0.266 e. The van der Waals surface area contributed by atoms with Gasteiger partial charge in [-0.1, -0.05) is 63.4 Å². The van der Waals surface area contributed by atoms with Gasteiger partial charge < -0.3 is 14.8 Å². The Bertz CT molecular complexity index is 1480. The number of carbonyl (C=O) groups excluding carboxylic acids is 1. The van der Waals surface area contributed by atoms with Crippen LogP contribution in [0.4, 0.5) is 5.69 Å². The van der Waals surface area contributed by atoms with Gasteiger partial charge in [0.05, 0.1) is 0 Å². The van der Waals surface area contributed by atoms with Crippen molar-refractivity contribution in [2.45, 2.75) is 13.2 Å². The highest BCUT2D eigenvalue weighted by atomic mass is 79.9. The first-order valence-electron chi connectivity index (χ1n) is 11.5. The molecule has 8 heteroatoms. The molecular weight excluding hydrogens is 587 g/mol. The first kappa shape index (κ1) is 27.3. The van der Waals surface area contributed by atoms with Crippen LogP contribution in [0.25, 0.3) is 6.08 Å². The minimum Gasteiger partial charge on any atom is -0.489 e. The van der Waals surface area contributed by atoms with Crippen LogP contribution in [0.3, 0.4) is 0 Å². The number of nitrogens with zero attached hydrogens (tertiary/aromatic N) is 1. The van der Waals surface area contributed by atoms with Gasteiger partial charge in [-0.2, -0.15) is 5.26 Å². The Balaban J connectivity index is 1.41. The van der Waals surface area contributed by atoms with E-state index < -0.39 is 5.91 Å². The van der Waals surface area contributed by atoms with Crippen LogP contribution in [0, 0.1) is 11.3 Å². The summed E-state index contributed by atoms with van der Waals surface area (Å²) in [5.74, 6) is 0.641. The summed E-state index contributed by atoms with van der Waals surface area (Å²) in [5, 5.41) is 13.8. The van der Waals surface area contributed by atoms with E-state index in [2.05, 4.69) is 21.2 Å². The Morgan fingerprint density at radius 3 is 2.00 bits per heavy atom. The molecule has 0 heterocycles. The molecule has 0 aromatic heterocycles. The molecule has 1 N–H and O–H groups in total. The number of benzene rings is 4. The SMILES string of the molecule is N#C/C(=C\c1cc(Br)ccc1OCc1ccc(Cl)cc1)C(=O)Nc1ccc(OCc2ccc(Cl)cc2)cc1. The second-order valence-corrected chi connectivity index (χ2v) is 9.95. The third-order valence-electron chi connectivity index (χ3n) is 5.38. The van der Waals surface area contributed by atoms with Crippen molar-refractivity contribution in [1.82, 2.24) is 0 Å². The third-order valence-corrected chi connectivity index (χ3v) is 6.37. The summed E-state index contributed by atoms with van der Waals surface area (Å²) in [4.78, 5) is 12.9. The molecule has 190 valence electrons. The molecule has 0 aliphatic heterocycles. The molecule has 5 nitrogen and oxygen atoms in total. The molecule has 4 aromatic carbocycles. The number of carbonyl (C=O) groups is 1. The molecular formula is C30H21BrCl2N2O3. The molecule has 1 amide bonds. The van der Waals surface area contributed by atoms with Crippen molar-refractivity contribution in [2.24, 2.45) is 0 Å². The van der Waals surface area contributed by atoms with E-state index >= 15 is 0 Å². The van der Waals surface area contributed by atoms with Crippen molar-refractivity contribution < 1.29 is 14.3 Å². The normalized spacial score (nSPS) is 10.9. The lowest BCUT2D eigenvalue weighted by Crippen LogP contribution is -2.13. The van der Waals surface area contributed by atoms with Crippen molar-refractivity contribution in [1.29, 1.82) is 5.26 Å². The number of nitrogens with one attached hydrogen (secondary N) is 1. The fraction of sp³-hybridized carbons (Fsp3) is 0.0667. The molecule has 0 bridgehead atoms. The molecule has 0 fully saturated rings. The molecule has 0 radical (unpaired) electrons. The van der Waals surface area contributed by atoms with Gasteiger partial charge >= 0.3 is 0 Å². The van der Waals surface area contributed by atoms with Crippen molar-refractivity contribution in [3.63, 3.8) is 0 Å². The Morgan fingerprint density at radius 1 is 0.842 bits per heavy atom. The molecule has 0 saturated heterocycles. The van der Waals surface area contributed by atoms with Crippen molar-refractivity contribution in [3.8, 4) is 17.6 Å². The van der Waals surface area contributed by atoms with Crippen LogP contribution in [0.5, 0.6) is 11.5 Å². The van der Waals surface area contributed by atoms with Crippen LogP contribution in [-0.4, -0.2) is 5.91 Å². The van der Waals surface area contributed by atoms with Gasteiger partial charge in [0.1, 0.15) is 36.4 Å². The third kappa shape index (κ3) is 7.87. The van der Waals surface area contributed by atoms with Gasteiger partial charge in [0.25, 0.3) is 5.91 Å². The van der Waals surface area contributed by atoms with Crippen molar-refractivity contribution in [3.05, 3.63) is 128 Å². The number of ether oxygens (including phenoxy) is 2. The van der Waals surface area contributed by atoms with E-state index in [1.807, 2.05) is 48.5 Å². The number of amides is 1. The Morgan fingerprint density at radius 2 is 1.42 bits per heavy atom. The highest BCUT2D eigenvalue weighted by Crippen LogP contribution is 2.27. The van der Waals surface area contributed by atoms with Gasteiger partial charge in [0.2, 0.25) is 0 Å². The average molecular weight is 608 g/mol. The number of hydrogen-bond acceptors (Lipinski definition) is 4. The highest BCUT2D eigenvalue weighted by molar-refractivity contribution is 9.10. The Kier molecular flexibility index (Phi) is 9.45. The van der Waals surface area contributed by atoms with Crippen molar-refractivity contribution >= 4 is 56.8 Å². The zero-order valence-corrected chi connectivity index (χ0v) is 23.1. The monoisotopic (exact) mass is 606 g/mol. The van der Waals surface area contributed by atoms with Gasteiger partial charge in [-0.15, -0.1) is 0 Å². The number of hydrogen-bond donors (Lipinski definition) is 1. The van der Waals surface area contributed by atoms with Gasteiger partial charge in [0.15, 0.2) is 0 Å². The fourth-order valence-electron chi connectivity index (χ4n) is 3.39. The lowest BCUT2D eigenvalue weighted by atomic mass is 10.1. The zero-order chi connectivity index (χ0) is 26.9. The van der Waals surface area contributed by atoms with Gasteiger partial charge in [-0.25, -0.2) is 0 Å². The standard InChI is InChI=1S/C30H21BrCl2N2O3/c31-24-5-14-29(38-19-21-3-8-26(33)9-4-21)22(16-24)15-23(17-34)30(36)35-27-10-12-28(13-11-27)37-18-20-1-6-25(32)7-2-20/h1-16H,18-19H2,(H,35,36)/b23-15+. The van der Waals surface area contributed by atoms with Crippen LogP contribution in [-0.2, 0) is 18.0 Å². The number of halogens is 3. The number of anilines is 1. The molecule has 38 heavy (non-hydrogen) atoms. The maximum Gasteiger partial charge on any atom is 0.266 e. The molecule has 0 atom stereocenters. The summed E-state index contributed by atoms with van der Waals surface area (Å²) in [6.07, 6.45) is 1.50. The Labute approximate surface area is 239 Å². The summed E-state index contributed by atoms with van der Waals surface area (Å²) in [6.45, 7) is 0.694. The molecule has 0 unspecified atom stereocenters. The van der Waals surface area contributed by atoms with Crippen molar-refractivity contribution in [2.75, 3.05) is 5.32 Å². The van der Waals surface area contributed by atoms with E-state index in [1.165, 1.54) is 6.08 Å². The topological polar surface area (TPSA) is 71.3 Å². The minimum absolute atomic E-state index is 0.0671. The van der Waals surface area contributed by atoms with Crippen LogP contribution in [0.2, 0.25) is 10.0 Å². The molecule has 0 saturated carbocycles. The molecule has 0 spiro atoms. The van der Waals surface area contributed by atoms with Crippen LogP contribution < -0.4 is 14.8 Å². The van der Waals surface area contributed by atoms with E-state index in [1.54, 1.807) is 48.5 Å². The van der Waals surface area contributed by atoms with Crippen LogP contribution in [0.15, 0.2) is 101 Å². The second kappa shape index (κ2) is 13.2. The summed E-state index contributed by atoms with van der Waals surface area (Å²) >= 11 is 15.3. The maximum atomic E-state index is 12.9. The first-order valence-corrected chi connectivity index (χ1v) is 13.0. The van der Waals surface area contributed by atoms with E-state index in [0.717, 1.165) is 15.6 Å². The lowest BCUT2D eigenvalue weighted by Gasteiger charge is -2.11. The predicted octanol–water partition coefficient (Wildman–Crippen LogP) is 8.46. The first-order chi connectivity index (χ1) is 18.4. The quantitative estimate of drug-likeness (QED) is 0.153. The summed E-state index contributed by atoms with van der Waals surface area (Å²) in [6, 6.07) is 29.0. The zero-order valence-electron chi connectivity index (χ0n) is 20.0. The lowest BCUT2D eigenvalue weighted by molar-refractivity contribution is -0.112. The van der Waals surface area contributed by atoms with E-state index in [9.17, 15) is 10.1 Å². The largest absolute Gasteiger partial charge is 0.489 e. The fourth-order valence-corrected chi connectivity index (χ4v) is 4.02. The molecule has 0 aliphatic carbocycles. The van der Waals surface area contributed by atoms with Gasteiger partial charge in [-0.05, 0) is 83.9 Å². The minimum atomic E-state index is -0.536. The predicted molar refractivity (Wildman–Crippen MR) is 154 cm³/mol. The van der Waals surface area contributed by atoms with Crippen LogP contribution in [0.1, 0.15) is 16.7 Å².